The van der Waals surface area contributed by atoms with Crippen LogP contribution in [0.2, 0.25) is 0 Å². The molecule has 0 atom stereocenters. The summed E-state index contributed by atoms with van der Waals surface area (Å²) in [6, 6.07) is 0. The molecule has 122 valence electrons. The zero-order chi connectivity index (χ0) is 17.1. The maximum atomic E-state index is 11.6. The Morgan fingerprint density at radius 1 is 1.35 bits per heavy atom. The number of carbonyl (C=O) groups is 1. The minimum absolute atomic E-state index is 0.0764. The number of hydrogen-bond donors (Lipinski definition) is 2. The lowest BCUT2D eigenvalue weighted by Gasteiger charge is -2.21. The van der Waals surface area contributed by atoms with Gasteiger partial charge in [-0.2, -0.15) is 4.98 Å². The van der Waals surface area contributed by atoms with Gasteiger partial charge in [0, 0.05) is 17.7 Å². The molecule has 7 nitrogen and oxygen atoms in total. The molecule has 0 aliphatic carbocycles. The third-order valence-electron chi connectivity index (χ3n) is 3.35. The number of carbonyl (C=O) groups excluding carboxylic acids is 1. The molecule has 0 saturated heterocycles. The molecule has 3 N–H and O–H groups in total. The van der Waals surface area contributed by atoms with E-state index in [1.165, 1.54) is 4.90 Å². The number of nitrogen functional groups attached to an aromatic ring is 1. The zero-order valence-electron chi connectivity index (χ0n) is 12.9. The summed E-state index contributed by atoms with van der Waals surface area (Å²) in [4.78, 5) is 25.7. The zero-order valence-corrected chi connectivity index (χ0v) is 16.1. The highest BCUT2D eigenvalue weighted by atomic mass is 79.9. The molecule has 2 rings (SSSR count). The van der Waals surface area contributed by atoms with Gasteiger partial charge in [-0.1, -0.05) is 15.9 Å². The highest BCUT2D eigenvalue weighted by Crippen LogP contribution is 2.31. The van der Waals surface area contributed by atoms with E-state index in [1.54, 1.807) is 13.2 Å². The van der Waals surface area contributed by atoms with Crippen molar-refractivity contribution < 1.29 is 4.79 Å². The summed E-state index contributed by atoms with van der Waals surface area (Å²) in [6.07, 6.45) is 2.46. The van der Waals surface area contributed by atoms with E-state index >= 15 is 0 Å². The number of aromatic nitrogens is 3. The van der Waals surface area contributed by atoms with Gasteiger partial charge in [0.05, 0.1) is 12.2 Å². The topological polar surface area (TPSA) is 97.0 Å². The minimum atomic E-state index is 0.0764. The molecule has 9 heteroatoms. The molecular weight excluding hydrogens is 428 g/mol. The minimum Gasteiger partial charge on any atom is -0.383 e. The van der Waals surface area contributed by atoms with E-state index in [-0.39, 0.29) is 12.5 Å². The number of amides is 1. The van der Waals surface area contributed by atoms with Gasteiger partial charge in [0.2, 0.25) is 12.4 Å². The summed E-state index contributed by atoms with van der Waals surface area (Å²) in [5, 5.41) is 2.97. The van der Waals surface area contributed by atoms with E-state index in [9.17, 15) is 4.79 Å². The molecule has 0 bridgehead atoms. The molecule has 0 unspecified atom stereocenters. The SMILES string of the molecule is CNc1c(Br)nc(N)nc1N(C=O)Cc1ncc(C)c(Br)c1C. The summed E-state index contributed by atoms with van der Waals surface area (Å²) in [7, 11) is 1.72. The van der Waals surface area contributed by atoms with Gasteiger partial charge in [0.1, 0.15) is 10.3 Å². The summed E-state index contributed by atoms with van der Waals surface area (Å²) >= 11 is 6.85. The lowest BCUT2D eigenvalue weighted by Crippen LogP contribution is -2.25. The van der Waals surface area contributed by atoms with E-state index in [0.29, 0.717) is 22.5 Å². The molecule has 2 aromatic heterocycles. The Kier molecular flexibility index (Phi) is 5.53. The average Bonchev–Trinajstić information content (AvgIpc) is 2.51. The molecule has 0 radical (unpaired) electrons. The second kappa shape index (κ2) is 7.22. The average molecular weight is 444 g/mol. The van der Waals surface area contributed by atoms with Crippen LogP contribution in [0.25, 0.3) is 0 Å². The Labute approximate surface area is 151 Å². The van der Waals surface area contributed by atoms with Crippen LogP contribution in [0.4, 0.5) is 17.5 Å². The number of nitrogens with one attached hydrogen (secondary N) is 1. The van der Waals surface area contributed by atoms with Gasteiger partial charge in [-0.15, -0.1) is 0 Å². The van der Waals surface area contributed by atoms with Crippen LogP contribution in [-0.2, 0) is 11.3 Å². The van der Waals surface area contributed by atoms with Gasteiger partial charge < -0.3 is 11.1 Å². The number of pyridine rings is 1. The summed E-state index contributed by atoms with van der Waals surface area (Å²) in [5.74, 6) is 0.465. The van der Waals surface area contributed by atoms with Crippen molar-refractivity contribution in [2.75, 3.05) is 23.0 Å². The molecule has 2 heterocycles. The first-order valence-corrected chi connectivity index (χ1v) is 8.30. The van der Waals surface area contributed by atoms with Crippen molar-refractivity contribution in [3.05, 3.63) is 32.1 Å². The standard InChI is InChI=1S/C14H16Br2N6O/c1-7-4-19-9(8(2)10(7)15)5-22(6-23)13-11(18-3)12(16)20-14(17)21-13/h4,6,18H,5H2,1-3H3,(H2,17,20,21). The monoisotopic (exact) mass is 442 g/mol. The summed E-state index contributed by atoms with van der Waals surface area (Å²) in [5.41, 5.74) is 9.06. The Morgan fingerprint density at radius 2 is 2.04 bits per heavy atom. The van der Waals surface area contributed by atoms with Crippen LogP contribution in [0.5, 0.6) is 0 Å². The number of nitrogens with two attached hydrogens (primary N) is 1. The van der Waals surface area contributed by atoms with Crippen LogP contribution in [0.1, 0.15) is 16.8 Å². The summed E-state index contributed by atoms with van der Waals surface area (Å²) in [6.45, 7) is 4.18. The lowest BCUT2D eigenvalue weighted by molar-refractivity contribution is -0.107. The molecule has 0 aliphatic heterocycles. The maximum Gasteiger partial charge on any atom is 0.223 e. The van der Waals surface area contributed by atoms with Crippen molar-refractivity contribution >= 4 is 55.7 Å². The van der Waals surface area contributed by atoms with Gasteiger partial charge in [0.15, 0.2) is 5.82 Å². The Bertz CT molecular complexity index is 753. The van der Waals surface area contributed by atoms with Crippen LogP contribution >= 0.6 is 31.9 Å². The third-order valence-corrected chi connectivity index (χ3v) is 5.15. The van der Waals surface area contributed by atoms with Gasteiger partial charge >= 0.3 is 0 Å². The Morgan fingerprint density at radius 3 is 2.65 bits per heavy atom. The number of rotatable bonds is 5. The van der Waals surface area contributed by atoms with Gasteiger partial charge in [-0.05, 0) is 40.9 Å². The molecule has 2 aromatic rings. The highest BCUT2D eigenvalue weighted by Gasteiger charge is 2.19. The van der Waals surface area contributed by atoms with Crippen molar-refractivity contribution in [3.63, 3.8) is 0 Å². The predicted octanol–water partition coefficient (Wildman–Crippen LogP) is 2.80. The van der Waals surface area contributed by atoms with Crippen molar-refractivity contribution in [1.82, 2.24) is 15.0 Å². The van der Waals surface area contributed by atoms with Crippen molar-refractivity contribution in [2.24, 2.45) is 0 Å². The van der Waals surface area contributed by atoms with Crippen LogP contribution in [0, 0.1) is 13.8 Å². The highest BCUT2D eigenvalue weighted by molar-refractivity contribution is 9.10. The molecule has 1 amide bonds. The second-order valence-electron chi connectivity index (χ2n) is 4.88. The molecule has 0 fully saturated rings. The van der Waals surface area contributed by atoms with E-state index < -0.39 is 0 Å². The molecule has 23 heavy (non-hydrogen) atoms. The number of hydrogen-bond acceptors (Lipinski definition) is 6. The van der Waals surface area contributed by atoms with Crippen LogP contribution < -0.4 is 16.0 Å². The smallest absolute Gasteiger partial charge is 0.223 e. The fraction of sp³-hybridized carbons (Fsp3) is 0.286. The molecule has 0 aromatic carbocycles. The molecule has 0 aliphatic rings. The maximum absolute atomic E-state index is 11.6. The second-order valence-corrected chi connectivity index (χ2v) is 6.43. The normalized spacial score (nSPS) is 10.5. The first-order chi connectivity index (χ1) is 10.9. The van der Waals surface area contributed by atoms with Crippen LogP contribution in [0.3, 0.4) is 0 Å². The lowest BCUT2D eigenvalue weighted by atomic mass is 10.1. The fourth-order valence-corrected chi connectivity index (χ4v) is 2.98. The van der Waals surface area contributed by atoms with Crippen molar-refractivity contribution in [3.8, 4) is 0 Å². The van der Waals surface area contributed by atoms with Crippen LogP contribution in [0.15, 0.2) is 15.3 Å². The van der Waals surface area contributed by atoms with E-state index in [4.69, 9.17) is 5.73 Å². The Balaban J connectivity index is 2.46. The molecular formula is C14H16Br2N6O. The predicted molar refractivity (Wildman–Crippen MR) is 97.3 cm³/mol. The van der Waals surface area contributed by atoms with E-state index in [1.807, 2.05) is 13.8 Å². The fourth-order valence-electron chi connectivity index (χ4n) is 2.09. The quantitative estimate of drug-likeness (QED) is 0.544. The van der Waals surface area contributed by atoms with E-state index in [2.05, 4.69) is 52.1 Å². The van der Waals surface area contributed by atoms with Crippen LogP contribution in [-0.4, -0.2) is 28.4 Å². The largest absolute Gasteiger partial charge is 0.383 e. The number of anilines is 3. The molecule has 0 saturated carbocycles. The number of aryl methyl sites for hydroxylation is 1. The summed E-state index contributed by atoms with van der Waals surface area (Å²) < 4.78 is 1.47. The number of halogens is 2. The van der Waals surface area contributed by atoms with Crippen molar-refractivity contribution in [2.45, 2.75) is 20.4 Å². The van der Waals surface area contributed by atoms with Gasteiger partial charge in [-0.3, -0.25) is 14.7 Å². The van der Waals surface area contributed by atoms with E-state index in [0.717, 1.165) is 21.3 Å². The first-order valence-electron chi connectivity index (χ1n) is 6.72. The first kappa shape index (κ1) is 17.6. The Hall–Kier alpha value is -1.74. The third kappa shape index (κ3) is 3.61. The number of nitrogens with zero attached hydrogens (tertiary/aromatic N) is 4. The van der Waals surface area contributed by atoms with Crippen molar-refractivity contribution in [1.29, 1.82) is 0 Å². The van der Waals surface area contributed by atoms with Gasteiger partial charge in [0.25, 0.3) is 0 Å². The molecule has 0 spiro atoms. The van der Waals surface area contributed by atoms with Gasteiger partial charge in [-0.25, -0.2) is 4.98 Å².